The van der Waals surface area contributed by atoms with E-state index in [9.17, 15) is 19.5 Å². The number of aliphatic carboxylic acids is 1. The van der Waals surface area contributed by atoms with E-state index < -0.39 is 30.4 Å². The van der Waals surface area contributed by atoms with Gasteiger partial charge in [-0.25, -0.2) is 4.79 Å². The van der Waals surface area contributed by atoms with E-state index in [0.717, 1.165) is 47.9 Å². The number of alkyl carbamates (subject to hydrolysis) is 1. The molecule has 0 aliphatic heterocycles. The zero-order valence-corrected chi connectivity index (χ0v) is 19.3. The average Bonchev–Trinajstić information content (AvgIpc) is 2.96. The van der Waals surface area contributed by atoms with Crippen LogP contribution >= 0.6 is 0 Å². The molecule has 4 rings (SSSR count). The number of carbonyl (C=O) groups is 3. The highest BCUT2D eigenvalue weighted by atomic mass is 16.5. The summed E-state index contributed by atoms with van der Waals surface area (Å²) in [6.45, 7) is 0.602. The van der Waals surface area contributed by atoms with Gasteiger partial charge >= 0.3 is 12.1 Å². The molecule has 1 saturated carbocycles. The quantitative estimate of drug-likeness (QED) is 0.501. The molecule has 0 bridgehead atoms. The minimum atomic E-state index is -1.18. The van der Waals surface area contributed by atoms with E-state index in [4.69, 9.17) is 4.74 Å². The van der Waals surface area contributed by atoms with Gasteiger partial charge in [0.05, 0.1) is 6.42 Å². The molecule has 34 heavy (non-hydrogen) atoms. The second-order valence-electron chi connectivity index (χ2n) is 9.22. The molecular formula is C27H32N2O5. The van der Waals surface area contributed by atoms with Gasteiger partial charge in [0.25, 0.3) is 0 Å². The van der Waals surface area contributed by atoms with Crippen LogP contribution in [-0.2, 0) is 14.3 Å². The van der Waals surface area contributed by atoms with Crippen LogP contribution < -0.4 is 10.6 Å². The third kappa shape index (κ3) is 5.76. The number of carboxylic acid groups (broad SMARTS) is 1. The number of fused-ring (bicyclic) bond motifs is 3. The molecule has 2 aliphatic rings. The molecule has 180 valence electrons. The molecule has 2 aromatic rings. The zero-order valence-electron chi connectivity index (χ0n) is 19.3. The van der Waals surface area contributed by atoms with E-state index >= 15 is 0 Å². The molecular weight excluding hydrogens is 432 g/mol. The lowest BCUT2D eigenvalue weighted by molar-refractivity contribution is -0.139. The van der Waals surface area contributed by atoms with Crippen molar-refractivity contribution in [2.75, 3.05) is 13.2 Å². The summed E-state index contributed by atoms with van der Waals surface area (Å²) in [7, 11) is 0. The van der Waals surface area contributed by atoms with Gasteiger partial charge in [0.15, 0.2) is 0 Å². The van der Waals surface area contributed by atoms with Crippen LogP contribution in [-0.4, -0.2) is 42.3 Å². The fourth-order valence-electron chi connectivity index (χ4n) is 5.10. The standard InChI is InChI=1S/C27H32N2O5/c30-25(31)15-24(26(32)28-16-18-9-3-1-2-4-10-18)29-27(33)34-17-23-21-13-7-5-11-19(21)20-12-6-8-14-22(20)23/h5-8,11-14,18,23-24H,1-4,9-10,15-17H2,(H,28,32)(H,29,33)(H,30,31). The first-order valence-electron chi connectivity index (χ1n) is 12.1. The average molecular weight is 465 g/mol. The van der Waals surface area contributed by atoms with Crippen LogP contribution in [0.4, 0.5) is 4.79 Å². The second kappa shape index (κ2) is 11.2. The van der Waals surface area contributed by atoms with Crippen molar-refractivity contribution in [3.63, 3.8) is 0 Å². The summed E-state index contributed by atoms with van der Waals surface area (Å²) in [6, 6.07) is 14.8. The highest BCUT2D eigenvalue weighted by Crippen LogP contribution is 2.44. The molecule has 1 unspecified atom stereocenters. The Kier molecular flexibility index (Phi) is 7.83. The molecule has 0 saturated heterocycles. The van der Waals surface area contributed by atoms with Crippen molar-refractivity contribution in [3.05, 3.63) is 59.7 Å². The van der Waals surface area contributed by atoms with E-state index in [0.29, 0.717) is 12.5 Å². The molecule has 7 heteroatoms. The first-order chi connectivity index (χ1) is 16.5. The maximum atomic E-state index is 12.7. The Morgan fingerprint density at radius 2 is 1.50 bits per heavy atom. The maximum Gasteiger partial charge on any atom is 0.407 e. The van der Waals surface area contributed by atoms with E-state index in [1.54, 1.807) is 0 Å². The minimum Gasteiger partial charge on any atom is -0.481 e. The predicted molar refractivity (Wildman–Crippen MR) is 128 cm³/mol. The fraction of sp³-hybridized carbons (Fsp3) is 0.444. The van der Waals surface area contributed by atoms with Crippen LogP contribution in [0.3, 0.4) is 0 Å². The Labute approximate surface area is 199 Å². The number of carbonyl (C=O) groups excluding carboxylic acids is 2. The van der Waals surface area contributed by atoms with Gasteiger partial charge in [-0.2, -0.15) is 0 Å². The van der Waals surface area contributed by atoms with Gasteiger partial charge in [-0.15, -0.1) is 0 Å². The van der Waals surface area contributed by atoms with Crippen LogP contribution in [0.1, 0.15) is 62.0 Å². The lowest BCUT2D eigenvalue weighted by Gasteiger charge is -2.20. The fourth-order valence-corrected chi connectivity index (χ4v) is 5.10. The van der Waals surface area contributed by atoms with Crippen molar-refractivity contribution in [1.82, 2.24) is 10.6 Å². The highest BCUT2D eigenvalue weighted by molar-refractivity contribution is 5.89. The number of nitrogens with one attached hydrogen (secondary N) is 2. The Morgan fingerprint density at radius 1 is 0.912 bits per heavy atom. The van der Waals surface area contributed by atoms with E-state index in [1.807, 2.05) is 36.4 Å². The number of hydrogen-bond acceptors (Lipinski definition) is 4. The molecule has 2 aromatic carbocycles. The zero-order chi connectivity index (χ0) is 23.9. The number of benzene rings is 2. The largest absolute Gasteiger partial charge is 0.481 e. The van der Waals surface area contributed by atoms with Crippen molar-refractivity contribution < 1.29 is 24.2 Å². The number of hydrogen-bond donors (Lipinski definition) is 3. The first kappa shape index (κ1) is 23.8. The third-order valence-electron chi connectivity index (χ3n) is 6.87. The highest BCUT2D eigenvalue weighted by Gasteiger charge is 2.30. The topological polar surface area (TPSA) is 105 Å². The summed E-state index contributed by atoms with van der Waals surface area (Å²) in [5.41, 5.74) is 4.40. The van der Waals surface area contributed by atoms with Crippen molar-refractivity contribution in [2.24, 2.45) is 5.92 Å². The number of rotatable bonds is 8. The van der Waals surface area contributed by atoms with Crippen LogP contribution in [0.5, 0.6) is 0 Å². The van der Waals surface area contributed by atoms with Crippen molar-refractivity contribution >= 4 is 18.0 Å². The Balaban J connectivity index is 1.35. The van der Waals surface area contributed by atoms with Crippen LogP contribution in [0.15, 0.2) is 48.5 Å². The smallest absolute Gasteiger partial charge is 0.407 e. The van der Waals surface area contributed by atoms with Gasteiger partial charge in [0.2, 0.25) is 5.91 Å². The number of carboxylic acids is 1. The van der Waals surface area contributed by atoms with Crippen molar-refractivity contribution in [3.8, 4) is 11.1 Å². The van der Waals surface area contributed by atoms with E-state index in [1.165, 1.54) is 12.8 Å². The third-order valence-corrected chi connectivity index (χ3v) is 6.87. The molecule has 0 aromatic heterocycles. The van der Waals surface area contributed by atoms with Gasteiger partial charge in [0.1, 0.15) is 12.6 Å². The molecule has 0 radical (unpaired) electrons. The molecule has 0 heterocycles. The van der Waals surface area contributed by atoms with E-state index in [2.05, 4.69) is 22.8 Å². The molecule has 7 nitrogen and oxygen atoms in total. The van der Waals surface area contributed by atoms with Gasteiger partial charge in [0, 0.05) is 12.5 Å². The molecule has 1 atom stereocenters. The molecule has 2 amide bonds. The normalized spacial score (nSPS) is 16.6. The van der Waals surface area contributed by atoms with Gasteiger partial charge in [-0.3, -0.25) is 9.59 Å². The molecule has 0 spiro atoms. The summed E-state index contributed by atoms with van der Waals surface area (Å²) in [4.78, 5) is 36.6. The van der Waals surface area contributed by atoms with Gasteiger partial charge in [-0.1, -0.05) is 74.2 Å². The van der Waals surface area contributed by atoms with Crippen molar-refractivity contribution in [2.45, 2.75) is 56.9 Å². The van der Waals surface area contributed by atoms with Crippen molar-refractivity contribution in [1.29, 1.82) is 0 Å². The second-order valence-corrected chi connectivity index (χ2v) is 9.22. The summed E-state index contributed by atoms with van der Waals surface area (Å²) in [6.07, 6.45) is 5.56. The van der Waals surface area contributed by atoms with Crippen LogP contribution in [0.25, 0.3) is 11.1 Å². The first-order valence-corrected chi connectivity index (χ1v) is 12.1. The Hall–Kier alpha value is -3.35. The SMILES string of the molecule is O=C(O)CC(NC(=O)OCC1c2ccccc2-c2ccccc21)C(=O)NCC1CCCCCC1. The lowest BCUT2D eigenvalue weighted by Crippen LogP contribution is -2.49. The molecule has 1 fully saturated rings. The molecule has 2 aliphatic carbocycles. The summed E-state index contributed by atoms with van der Waals surface area (Å²) < 4.78 is 5.49. The van der Waals surface area contributed by atoms with Gasteiger partial charge < -0.3 is 20.5 Å². The summed E-state index contributed by atoms with van der Waals surface area (Å²) in [5, 5.41) is 14.6. The monoisotopic (exact) mass is 464 g/mol. The predicted octanol–water partition coefficient (Wildman–Crippen LogP) is 4.46. The van der Waals surface area contributed by atoms with E-state index in [-0.39, 0.29) is 12.5 Å². The number of ether oxygens (including phenoxy) is 1. The van der Waals surface area contributed by atoms with Crippen LogP contribution in [0.2, 0.25) is 0 Å². The Morgan fingerprint density at radius 3 is 2.09 bits per heavy atom. The van der Waals surface area contributed by atoms with Gasteiger partial charge in [-0.05, 0) is 41.0 Å². The van der Waals surface area contributed by atoms with Crippen LogP contribution in [0, 0.1) is 5.92 Å². The summed E-state index contributed by atoms with van der Waals surface area (Å²) >= 11 is 0. The Bertz CT molecular complexity index is 984. The maximum absolute atomic E-state index is 12.7. The lowest BCUT2D eigenvalue weighted by atomic mass is 9.98. The number of amides is 2. The minimum absolute atomic E-state index is 0.101. The molecule has 3 N–H and O–H groups in total. The summed E-state index contributed by atoms with van der Waals surface area (Å²) in [5.74, 6) is -1.36.